The van der Waals surface area contributed by atoms with E-state index in [1.807, 2.05) is 0 Å². The number of nitrogens with one attached hydrogen (secondary N) is 2. The first-order chi connectivity index (χ1) is 8.08. The van der Waals surface area contributed by atoms with Gasteiger partial charge < -0.3 is 10.6 Å². The molecule has 9 heteroatoms. The highest BCUT2D eigenvalue weighted by Gasteiger charge is 2.35. The summed E-state index contributed by atoms with van der Waals surface area (Å²) in [7, 11) is 0. The number of hydrogen-bond donors (Lipinski definition) is 2. The first-order valence-corrected chi connectivity index (χ1v) is 5.85. The van der Waals surface area contributed by atoms with E-state index in [0.29, 0.717) is 11.3 Å². The average Bonchev–Trinajstić information content (AvgIpc) is 2.59. The van der Waals surface area contributed by atoms with Crippen LogP contribution in [-0.4, -0.2) is 28.2 Å². The fourth-order valence-corrected chi connectivity index (χ4v) is 1.63. The Kier molecular flexibility index (Phi) is 4.15. The summed E-state index contributed by atoms with van der Waals surface area (Å²) in [4.78, 5) is 11.4. The molecule has 5 nitrogen and oxygen atoms in total. The fraction of sp³-hybridized carbons (Fsp3) is 0.667. The van der Waals surface area contributed by atoms with Crippen molar-refractivity contribution in [2.24, 2.45) is 0 Å². The Morgan fingerprint density at radius 2 is 1.89 bits per heavy atom. The Bertz CT molecular complexity index is 424. The standard InChI is InChI=1S/C9H13F3N4OS/c1-8(2,3)14-5(17)4-13-7-16-15-6(18-7)9(10,11)12/h4H2,1-3H3,(H,13,16)(H,14,17). The maximum absolute atomic E-state index is 12.2. The number of alkyl halides is 3. The van der Waals surface area contributed by atoms with E-state index in [1.54, 1.807) is 20.8 Å². The molecule has 1 heterocycles. The van der Waals surface area contributed by atoms with Gasteiger partial charge in [0.1, 0.15) is 0 Å². The van der Waals surface area contributed by atoms with Crippen molar-refractivity contribution in [2.75, 3.05) is 11.9 Å². The average molecular weight is 282 g/mol. The van der Waals surface area contributed by atoms with Crippen molar-refractivity contribution in [3.63, 3.8) is 0 Å². The Morgan fingerprint density at radius 1 is 1.28 bits per heavy atom. The van der Waals surface area contributed by atoms with Gasteiger partial charge in [0, 0.05) is 5.54 Å². The van der Waals surface area contributed by atoms with Gasteiger partial charge in [-0.1, -0.05) is 11.3 Å². The minimum atomic E-state index is -4.51. The third kappa shape index (κ3) is 4.86. The lowest BCUT2D eigenvalue weighted by Gasteiger charge is -2.20. The van der Waals surface area contributed by atoms with E-state index in [9.17, 15) is 18.0 Å². The van der Waals surface area contributed by atoms with Crippen LogP contribution in [0.4, 0.5) is 18.3 Å². The van der Waals surface area contributed by atoms with Gasteiger partial charge in [-0.25, -0.2) is 0 Å². The van der Waals surface area contributed by atoms with Crippen molar-refractivity contribution in [3.8, 4) is 0 Å². The second-order valence-electron chi connectivity index (χ2n) is 4.56. The number of hydrogen-bond acceptors (Lipinski definition) is 5. The van der Waals surface area contributed by atoms with Crippen LogP contribution < -0.4 is 10.6 Å². The largest absolute Gasteiger partial charge is 0.445 e. The summed E-state index contributed by atoms with van der Waals surface area (Å²) >= 11 is 0.361. The number of anilines is 1. The molecule has 0 atom stereocenters. The van der Waals surface area contributed by atoms with Crippen molar-refractivity contribution in [1.82, 2.24) is 15.5 Å². The van der Waals surface area contributed by atoms with Gasteiger partial charge >= 0.3 is 6.18 Å². The maximum Gasteiger partial charge on any atom is 0.445 e. The van der Waals surface area contributed by atoms with E-state index < -0.39 is 16.7 Å². The number of carbonyl (C=O) groups is 1. The summed E-state index contributed by atoms with van der Waals surface area (Å²) in [5.41, 5.74) is -0.392. The third-order valence-corrected chi connectivity index (χ3v) is 2.51. The van der Waals surface area contributed by atoms with E-state index in [0.717, 1.165) is 0 Å². The number of halogens is 3. The van der Waals surface area contributed by atoms with Crippen LogP contribution in [0.5, 0.6) is 0 Å². The highest BCUT2D eigenvalue weighted by atomic mass is 32.1. The van der Waals surface area contributed by atoms with Crippen molar-refractivity contribution in [3.05, 3.63) is 5.01 Å². The smallest absolute Gasteiger partial charge is 0.351 e. The first kappa shape index (κ1) is 14.7. The van der Waals surface area contributed by atoms with Crippen LogP contribution in [0.2, 0.25) is 0 Å². The number of aromatic nitrogens is 2. The molecule has 1 amide bonds. The molecule has 0 aliphatic rings. The predicted octanol–water partition coefficient (Wildman–Crippen LogP) is 1.88. The van der Waals surface area contributed by atoms with Gasteiger partial charge in [0.2, 0.25) is 16.0 Å². The second kappa shape index (κ2) is 5.09. The van der Waals surface area contributed by atoms with E-state index in [-0.39, 0.29) is 17.6 Å². The number of rotatable bonds is 3. The Hall–Kier alpha value is -1.38. The van der Waals surface area contributed by atoms with E-state index in [1.165, 1.54) is 0 Å². The van der Waals surface area contributed by atoms with E-state index in [2.05, 4.69) is 20.8 Å². The Balaban J connectivity index is 2.50. The predicted molar refractivity (Wildman–Crippen MR) is 61.3 cm³/mol. The van der Waals surface area contributed by atoms with Crippen LogP contribution in [0.25, 0.3) is 0 Å². The molecule has 1 rings (SSSR count). The molecule has 1 aromatic rings. The molecule has 1 aromatic heterocycles. The maximum atomic E-state index is 12.2. The quantitative estimate of drug-likeness (QED) is 0.888. The topological polar surface area (TPSA) is 66.9 Å². The summed E-state index contributed by atoms with van der Waals surface area (Å²) in [6.07, 6.45) is -4.51. The molecule has 0 aliphatic heterocycles. The lowest BCUT2D eigenvalue weighted by Crippen LogP contribution is -2.43. The van der Waals surface area contributed by atoms with Crippen LogP contribution in [0.1, 0.15) is 25.8 Å². The highest BCUT2D eigenvalue weighted by Crippen LogP contribution is 2.32. The molecular weight excluding hydrogens is 269 g/mol. The Labute approximate surface area is 106 Å². The summed E-state index contributed by atoms with van der Waals surface area (Å²) in [5.74, 6) is -0.328. The zero-order valence-corrected chi connectivity index (χ0v) is 10.9. The number of nitrogens with zero attached hydrogens (tertiary/aromatic N) is 2. The summed E-state index contributed by atoms with van der Waals surface area (Å²) in [6, 6.07) is 0. The van der Waals surface area contributed by atoms with Gasteiger partial charge in [0.15, 0.2) is 0 Å². The van der Waals surface area contributed by atoms with Crippen molar-refractivity contribution < 1.29 is 18.0 Å². The van der Waals surface area contributed by atoms with Crippen LogP contribution in [0, 0.1) is 0 Å². The van der Waals surface area contributed by atoms with Gasteiger partial charge in [-0.2, -0.15) is 13.2 Å². The van der Waals surface area contributed by atoms with Crippen LogP contribution >= 0.6 is 11.3 Å². The molecule has 2 N–H and O–H groups in total. The summed E-state index contributed by atoms with van der Waals surface area (Å²) < 4.78 is 36.7. The summed E-state index contributed by atoms with van der Waals surface area (Å²) in [6.45, 7) is 5.26. The Morgan fingerprint density at radius 3 is 2.33 bits per heavy atom. The molecule has 102 valence electrons. The number of carbonyl (C=O) groups excluding carboxylic acids is 1. The highest BCUT2D eigenvalue weighted by molar-refractivity contribution is 7.15. The molecule has 18 heavy (non-hydrogen) atoms. The number of amides is 1. The van der Waals surface area contributed by atoms with Crippen molar-refractivity contribution >= 4 is 22.4 Å². The molecule has 0 saturated carbocycles. The molecule has 0 fully saturated rings. The van der Waals surface area contributed by atoms with Crippen molar-refractivity contribution in [2.45, 2.75) is 32.5 Å². The lowest BCUT2D eigenvalue weighted by atomic mass is 10.1. The van der Waals surface area contributed by atoms with Gasteiger partial charge in [-0.15, -0.1) is 10.2 Å². The van der Waals surface area contributed by atoms with E-state index >= 15 is 0 Å². The molecule has 0 spiro atoms. The zero-order chi connectivity index (χ0) is 14.0. The second-order valence-corrected chi connectivity index (χ2v) is 5.54. The summed E-state index contributed by atoms with van der Waals surface area (Å²) in [5, 5.41) is 10.4. The van der Waals surface area contributed by atoms with Crippen LogP contribution in [0.15, 0.2) is 0 Å². The lowest BCUT2D eigenvalue weighted by molar-refractivity contribution is -0.138. The minimum absolute atomic E-state index is 0.0358. The van der Waals surface area contributed by atoms with Gasteiger partial charge in [-0.05, 0) is 20.8 Å². The SMILES string of the molecule is CC(C)(C)NC(=O)CNc1nnc(C(F)(F)F)s1. The molecule has 0 aromatic carbocycles. The molecule has 0 bridgehead atoms. The van der Waals surface area contributed by atoms with Gasteiger partial charge in [-0.3, -0.25) is 4.79 Å². The molecule has 0 radical (unpaired) electrons. The van der Waals surface area contributed by atoms with Crippen molar-refractivity contribution in [1.29, 1.82) is 0 Å². The third-order valence-electron chi connectivity index (χ3n) is 1.58. The molecule has 0 aliphatic carbocycles. The van der Waals surface area contributed by atoms with E-state index in [4.69, 9.17) is 0 Å². The van der Waals surface area contributed by atoms with Crippen LogP contribution in [-0.2, 0) is 11.0 Å². The molecule has 0 saturated heterocycles. The molecule has 0 unspecified atom stereocenters. The zero-order valence-electron chi connectivity index (χ0n) is 10.1. The normalized spacial score (nSPS) is 12.3. The molecular formula is C9H13F3N4OS. The van der Waals surface area contributed by atoms with Gasteiger partial charge in [0.25, 0.3) is 0 Å². The van der Waals surface area contributed by atoms with Gasteiger partial charge in [0.05, 0.1) is 6.54 Å². The first-order valence-electron chi connectivity index (χ1n) is 5.03. The fourth-order valence-electron chi connectivity index (χ4n) is 1.03. The van der Waals surface area contributed by atoms with Crippen LogP contribution in [0.3, 0.4) is 0 Å². The monoisotopic (exact) mass is 282 g/mol. The minimum Gasteiger partial charge on any atom is -0.351 e.